The number of hydrogen-bond acceptors (Lipinski definition) is 4. The Bertz CT molecular complexity index is 511. The average Bonchev–Trinajstić information content (AvgIpc) is 2.46. The number of thioether (sulfide) groups is 1. The van der Waals surface area contributed by atoms with Crippen LogP contribution in [-0.4, -0.2) is 42.7 Å². The fraction of sp³-hybridized carbons (Fsp3) is 0.429. The largest absolute Gasteiger partial charge is 0.469 e. The van der Waals surface area contributed by atoms with Crippen LogP contribution < -0.4 is 0 Å². The molecule has 0 unspecified atom stereocenters. The molecule has 1 amide bonds. The molecular weight excluding hydrogens is 300 g/mol. The zero-order valence-electron chi connectivity index (χ0n) is 11.9. The van der Waals surface area contributed by atoms with Crippen LogP contribution in [0.15, 0.2) is 23.1 Å². The number of methoxy groups -OCH3 is 1. The summed E-state index contributed by atoms with van der Waals surface area (Å²) in [4.78, 5) is 24.8. The molecule has 0 aliphatic carbocycles. The van der Waals surface area contributed by atoms with Crippen molar-refractivity contribution in [3.63, 3.8) is 0 Å². The van der Waals surface area contributed by atoms with Crippen molar-refractivity contribution in [2.75, 3.05) is 26.0 Å². The molecule has 0 saturated carbocycles. The summed E-state index contributed by atoms with van der Waals surface area (Å²) in [6.07, 6.45) is 0.117. The first-order valence-electron chi connectivity index (χ1n) is 6.40. The Morgan fingerprint density at radius 1 is 1.33 bits per heavy atom. The predicted octanol–water partition coefficient (Wildman–Crippen LogP) is 2.47. The van der Waals surface area contributed by atoms with Crippen molar-refractivity contribution in [2.45, 2.75) is 18.2 Å². The summed E-state index contributed by atoms with van der Waals surface area (Å²) in [6.45, 7) is 2.50. The fourth-order valence-electron chi connectivity index (χ4n) is 1.61. The lowest BCUT2D eigenvalue weighted by molar-refractivity contribution is -0.141. The van der Waals surface area contributed by atoms with Gasteiger partial charge in [0.2, 0.25) is 5.91 Å². The van der Waals surface area contributed by atoms with Gasteiger partial charge in [-0.2, -0.15) is 0 Å². The van der Waals surface area contributed by atoms with Gasteiger partial charge >= 0.3 is 5.97 Å². The number of esters is 1. The predicted molar refractivity (Wildman–Crippen MR) is 76.0 cm³/mol. The van der Waals surface area contributed by atoms with Crippen molar-refractivity contribution in [3.8, 4) is 0 Å². The number of amides is 1. The molecule has 0 aliphatic heterocycles. The van der Waals surface area contributed by atoms with E-state index in [4.69, 9.17) is 0 Å². The van der Waals surface area contributed by atoms with Crippen LogP contribution in [0.25, 0.3) is 0 Å². The Balaban J connectivity index is 2.52. The number of hydrogen-bond donors (Lipinski definition) is 0. The van der Waals surface area contributed by atoms with E-state index in [1.807, 2.05) is 0 Å². The van der Waals surface area contributed by atoms with E-state index in [9.17, 15) is 18.4 Å². The third-order valence-electron chi connectivity index (χ3n) is 2.79. The van der Waals surface area contributed by atoms with Crippen molar-refractivity contribution in [2.24, 2.45) is 0 Å². The summed E-state index contributed by atoms with van der Waals surface area (Å²) < 4.78 is 30.7. The van der Waals surface area contributed by atoms with Crippen LogP contribution in [0.5, 0.6) is 0 Å². The third kappa shape index (κ3) is 5.71. The summed E-state index contributed by atoms with van der Waals surface area (Å²) in [7, 11) is 1.29. The van der Waals surface area contributed by atoms with Gasteiger partial charge in [-0.05, 0) is 19.1 Å². The number of nitrogens with zero attached hydrogens (tertiary/aromatic N) is 1. The monoisotopic (exact) mass is 317 g/mol. The van der Waals surface area contributed by atoms with E-state index in [0.29, 0.717) is 6.54 Å². The number of halogens is 2. The third-order valence-corrected chi connectivity index (χ3v) is 3.83. The number of benzene rings is 1. The van der Waals surface area contributed by atoms with E-state index in [1.165, 1.54) is 18.1 Å². The molecule has 4 nitrogen and oxygen atoms in total. The van der Waals surface area contributed by atoms with Gasteiger partial charge in [-0.25, -0.2) is 8.78 Å². The molecule has 0 spiro atoms. The second-order valence-electron chi connectivity index (χ2n) is 4.16. The molecule has 1 rings (SSSR count). The van der Waals surface area contributed by atoms with Crippen LogP contribution in [0.1, 0.15) is 13.3 Å². The minimum atomic E-state index is -0.689. The molecule has 0 N–H and O–H groups in total. The van der Waals surface area contributed by atoms with Gasteiger partial charge in [0, 0.05) is 24.1 Å². The Morgan fingerprint density at radius 3 is 2.62 bits per heavy atom. The summed E-state index contributed by atoms with van der Waals surface area (Å²) >= 11 is 0.999. The molecule has 0 aliphatic rings. The highest BCUT2D eigenvalue weighted by Crippen LogP contribution is 2.22. The zero-order chi connectivity index (χ0) is 15.8. The SMILES string of the molecule is CCN(CCC(=O)OC)C(=O)CSc1ccc(F)cc1F. The summed E-state index contributed by atoms with van der Waals surface area (Å²) in [5.74, 6) is -1.92. The van der Waals surface area contributed by atoms with Gasteiger partial charge in [0.25, 0.3) is 0 Å². The van der Waals surface area contributed by atoms with E-state index < -0.39 is 17.6 Å². The molecule has 0 aromatic heterocycles. The highest BCUT2D eigenvalue weighted by atomic mass is 32.2. The van der Waals surface area contributed by atoms with Gasteiger partial charge in [0.05, 0.1) is 19.3 Å². The van der Waals surface area contributed by atoms with Crippen molar-refractivity contribution in [3.05, 3.63) is 29.8 Å². The molecule has 21 heavy (non-hydrogen) atoms. The highest BCUT2D eigenvalue weighted by Gasteiger charge is 2.15. The van der Waals surface area contributed by atoms with E-state index in [1.54, 1.807) is 6.92 Å². The maximum Gasteiger partial charge on any atom is 0.307 e. The molecule has 0 heterocycles. The van der Waals surface area contributed by atoms with Gasteiger partial charge in [0.1, 0.15) is 11.6 Å². The molecule has 1 aromatic rings. The first-order valence-corrected chi connectivity index (χ1v) is 7.39. The van der Waals surface area contributed by atoms with Crippen LogP contribution in [0.4, 0.5) is 8.78 Å². The lowest BCUT2D eigenvalue weighted by Gasteiger charge is -2.20. The van der Waals surface area contributed by atoms with Crippen LogP contribution in [0.3, 0.4) is 0 Å². The van der Waals surface area contributed by atoms with Gasteiger partial charge in [-0.1, -0.05) is 0 Å². The van der Waals surface area contributed by atoms with Crippen LogP contribution in [0.2, 0.25) is 0 Å². The topological polar surface area (TPSA) is 46.6 Å². The van der Waals surface area contributed by atoms with Gasteiger partial charge in [0.15, 0.2) is 0 Å². The van der Waals surface area contributed by atoms with E-state index in [-0.39, 0.29) is 29.5 Å². The molecular formula is C14H17F2NO3S. The smallest absolute Gasteiger partial charge is 0.307 e. The van der Waals surface area contributed by atoms with E-state index >= 15 is 0 Å². The number of rotatable bonds is 7. The molecule has 1 aromatic carbocycles. The second kappa shape index (κ2) is 8.61. The zero-order valence-corrected chi connectivity index (χ0v) is 12.7. The summed E-state index contributed by atoms with van der Waals surface area (Å²) in [5.41, 5.74) is 0. The maximum atomic E-state index is 13.4. The van der Waals surface area contributed by atoms with Gasteiger partial charge in [-0.3, -0.25) is 9.59 Å². The van der Waals surface area contributed by atoms with Crippen molar-refractivity contribution in [1.29, 1.82) is 0 Å². The van der Waals surface area contributed by atoms with Crippen molar-refractivity contribution >= 4 is 23.6 Å². The first-order chi connectivity index (χ1) is 9.97. The molecule has 0 fully saturated rings. The minimum Gasteiger partial charge on any atom is -0.469 e. The van der Waals surface area contributed by atoms with E-state index in [2.05, 4.69) is 4.74 Å². The Hall–Kier alpha value is -1.63. The summed E-state index contributed by atoms with van der Waals surface area (Å²) in [5, 5.41) is 0. The summed E-state index contributed by atoms with van der Waals surface area (Å²) in [6, 6.07) is 3.22. The van der Waals surface area contributed by atoms with Crippen molar-refractivity contribution < 1.29 is 23.1 Å². The van der Waals surface area contributed by atoms with Crippen LogP contribution in [-0.2, 0) is 14.3 Å². The molecule has 116 valence electrons. The second-order valence-corrected chi connectivity index (χ2v) is 5.18. The number of ether oxygens (including phenoxy) is 1. The standard InChI is InChI=1S/C14H17F2NO3S/c1-3-17(7-6-14(19)20-2)13(18)9-21-12-5-4-10(15)8-11(12)16/h4-5,8H,3,6-7,9H2,1-2H3. The molecule has 0 atom stereocenters. The Kier molecular flexibility index (Phi) is 7.14. The van der Waals surface area contributed by atoms with Crippen LogP contribution in [0, 0.1) is 11.6 Å². The molecule has 0 bridgehead atoms. The van der Waals surface area contributed by atoms with E-state index in [0.717, 1.165) is 23.9 Å². The highest BCUT2D eigenvalue weighted by molar-refractivity contribution is 8.00. The normalized spacial score (nSPS) is 10.3. The minimum absolute atomic E-state index is 0.0254. The van der Waals surface area contributed by atoms with Gasteiger partial charge < -0.3 is 9.64 Å². The lowest BCUT2D eigenvalue weighted by atomic mass is 10.3. The van der Waals surface area contributed by atoms with Gasteiger partial charge in [-0.15, -0.1) is 11.8 Å². The quantitative estimate of drug-likeness (QED) is 0.572. The fourth-order valence-corrected chi connectivity index (χ4v) is 2.43. The maximum absolute atomic E-state index is 13.4. The first kappa shape index (κ1) is 17.4. The number of carbonyl (C=O) groups excluding carboxylic acids is 2. The molecule has 0 saturated heterocycles. The Labute approximate surface area is 126 Å². The van der Waals surface area contributed by atoms with Crippen molar-refractivity contribution in [1.82, 2.24) is 4.90 Å². The average molecular weight is 317 g/mol. The number of carbonyl (C=O) groups is 2. The molecule has 0 radical (unpaired) electrons. The molecule has 7 heteroatoms. The van der Waals surface area contributed by atoms with Crippen LogP contribution >= 0.6 is 11.8 Å². The lowest BCUT2D eigenvalue weighted by Crippen LogP contribution is -2.34. The Morgan fingerprint density at radius 2 is 2.05 bits per heavy atom.